The van der Waals surface area contributed by atoms with E-state index in [2.05, 4.69) is 18.0 Å². The summed E-state index contributed by atoms with van der Waals surface area (Å²) in [6.07, 6.45) is 4.69. The van der Waals surface area contributed by atoms with Gasteiger partial charge < -0.3 is 10.5 Å². The summed E-state index contributed by atoms with van der Waals surface area (Å²) in [5, 5.41) is 0.602. The zero-order valence-electron chi connectivity index (χ0n) is 11.8. The first-order chi connectivity index (χ1) is 9.65. The molecule has 0 spiro atoms. The van der Waals surface area contributed by atoms with Crippen LogP contribution in [0.15, 0.2) is 36.7 Å². The molecule has 1 unspecified atom stereocenters. The second-order valence-corrected chi connectivity index (χ2v) is 5.24. The van der Waals surface area contributed by atoms with E-state index in [1.807, 2.05) is 30.6 Å². The summed E-state index contributed by atoms with van der Waals surface area (Å²) in [5.74, 6) is 1.08. The summed E-state index contributed by atoms with van der Waals surface area (Å²) >= 11 is 6.17. The number of ether oxygens (including phenoxy) is 1. The van der Waals surface area contributed by atoms with E-state index in [1.54, 1.807) is 7.11 Å². The SMILES string of the molecule is COc1ccc(-c2cncc(C(C)CCN)c2)cc1Cl. The van der Waals surface area contributed by atoms with Gasteiger partial charge in [0.25, 0.3) is 0 Å². The molecule has 2 aromatic rings. The average molecular weight is 291 g/mol. The lowest BCUT2D eigenvalue weighted by Crippen LogP contribution is -2.04. The summed E-state index contributed by atoms with van der Waals surface area (Å²) in [7, 11) is 1.61. The summed E-state index contributed by atoms with van der Waals surface area (Å²) in [6, 6.07) is 7.90. The molecule has 106 valence electrons. The van der Waals surface area contributed by atoms with Crippen molar-refractivity contribution in [1.29, 1.82) is 0 Å². The Morgan fingerprint density at radius 1 is 1.25 bits per heavy atom. The number of nitrogens with two attached hydrogens (primary N) is 1. The van der Waals surface area contributed by atoms with Gasteiger partial charge in [0.1, 0.15) is 5.75 Å². The van der Waals surface area contributed by atoms with E-state index in [0.29, 0.717) is 23.2 Å². The molecule has 1 heterocycles. The highest BCUT2D eigenvalue weighted by molar-refractivity contribution is 6.32. The van der Waals surface area contributed by atoms with Crippen LogP contribution in [0.3, 0.4) is 0 Å². The Bertz CT molecular complexity index is 586. The maximum atomic E-state index is 6.17. The van der Waals surface area contributed by atoms with Crippen LogP contribution in [-0.2, 0) is 0 Å². The Morgan fingerprint density at radius 2 is 2.05 bits per heavy atom. The Hall–Kier alpha value is -1.58. The Kier molecular flexibility index (Phi) is 4.99. The highest BCUT2D eigenvalue weighted by atomic mass is 35.5. The van der Waals surface area contributed by atoms with E-state index < -0.39 is 0 Å². The quantitative estimate of drug-likeness (QED) is 0.909. The normalized spacial score (nSPS) is 12.2. The van der Waals surface area contributed by atoms with Crippen LogP contribution in [0.25, 0.3) is 11.1 Å². The third kappa shape index (κ3) is 3.30. The van der Waals surface area contributed by atoms with Crippen molar-refractivity contribution in [2.24, 2.45) is 5.73 Å². The summed E-state index contributed by atoms with van der Waals surface area (Å²) in [4.78, 5) is 4.32. The highest BCUT2D eigenvalue weighted by Gasteiger charge is 2.08. The molecule has 3 nitrogen and oxygen atoms in total. The standard InChI is InChI=1S/C16H19ClN2O/c1-11(5-6-18)13-7-14(10-19-9-13)12-3-4-16(20-2)15(17)8-12/h3-4,7-11H,5-6,18H2,1-2H3. The van der Waals surface area contributed by atoms with Gasteiger partial charge in [0.15, 0.2) is 0 Å². The molecule has 4 heteroatoms. The number of aromatic nitrogens is 1. The molecule has 2 N–H and O–H groups in total. The van der Waals surface area contributed by atoms with Crippen LogP contribution in [0, 0.1) is 0 Å². The van der Waals surface area contributed by atoms with Gasteiger partial charge in [-0.3, -0.25) is 4.98 Å². The van der Waals surface area contributed by atoms with Gasteiger partial charge in [-0.2, -0.15) is 0 Å². The lowest BCUT2D eigenvalue weighted by atomic mass is 9.96. The number of hydrogen-bond acceptors (Lipinski definition) is 3. The maximum Gasteiger partial charge on any atom is 0.137 e. The average Bonchev–Trinajstić information content (AvgIpc) is 2.47. The lowest BCUT2D eigenvalue weighted by Gasteiger charge is -2.12. The van der Waals surface area contributed by atoms with Crippen LogP contribution in [0.1, 0.15) is 24.8 Å². The molecule has 1 atom stereocenters. The third-order valence-corrected chi connectivity index (χ3v) is 3.71. The van der Waals surface area contributed by atoms with Crippen molar-refractivity contribution >= 4 is 11.6 Å². The third-order valence-electron chi connectivity index (χ3n) is 3.41. The smallest absolute Gasteiger partial charge is 0.137 e. The summed E-state index contributed by atoms with van der Waals surface area (Å²) < 4.78 is 5.17. The molecular formula is C16H19ClN2O. The minimum atomic E-state index is 0.404. The van der Waals surface area contributed by atoms with E-state index in [0.717, 1.165) is 17.5 Å². The van der Waals surface area contributed by atoms with Crippen LogP contribution < -0.4 is 10.5 Å². The molecule has 0 fully saturated rings. The molecule has 1 aromatic carbocycles. The largest absolute Gasteiger partial charge is 0.495 e. The zero-order chi connectivity index (χ0) is 14.5. The van der Waals surface area contributed by atoms with Crippen LogP contribution in [0.4, 0.5) is 0 Å². The topological polar surface area (TPSA) is 48.1 Å². The van der Waals surface area contributed by atoms with Gasteiger partial charge in [-0.1, -0.05) is 24.6 Å². The van der Waals surface area contributed by atoms with Gasteiger partial charge in [-0.25, -0.2) is 0 Å². The van der Waals surface area contributed by atoms with Crippen LogP contribution in [0.5, 0.6) is 5.75 Å². The van der Waals surface area contributed by atoms with Gasteiger partial charge in [0.05, 0.1) is 12.1 Å². The number of benzene rings is 1. The van der Waals surface area contributed by atoms with Crippen molar-refractivity contribution in [2.45, 2.75) is 19.3 Å². The van der Waals surface area contributed by atoms with E-state index in [-0.39, 0.29) is 0 Å². The van der Waals surface area contributed by atoms with E-state index in [4.69, 9.17) is 22.1 Å². The molecular weight excluding hydrogens is 272 g/mol. The van der Waals surface area contributed by atoms with Gasteiger partial charge in [-0.15, -0.1) is 0 Å². The van der Waals surface area contributed by atoms with Gasteiger partial charge >= 0.3 is 0 Å². The number of hydrogen-bond donors (Lipinski definition) is 1. The fraction of sp³-hybridized carbons (Fsp3) is 0.312. The second-order valence-electron chi connectivity index (χ2n) is 4.83. The monoisotopic (exact) mass is 290 g/mol. The number of halogens is 1. The summed E-state index contributed by atoms with van der Waals surface area (Å²) in [6.45, 7) is 2.84. The Balaban J connectivity index is 2.33. The molecule has 1 aromatic heterocycles. The molecule has 0 aliphatic rings. The van der Waals surface area contributed by atoms with E-state index in [9.17, 15) is 0 Å². The minimum absolute atomic E-state index is 0.404. The minimum Gasteiger partial charge on any atom is -0.495 e. The first-order valence-corrected chi connectivity index (χ1v) is 7.02. The second kappa shape index (κ2) is 6.73. The molecule has 0 bridgehead atoms. The Labute approximate surface area is 124 Å². The van der Waals surface area contributed by atoms with E-state index in [1.165, 1.54) is 5.56 Å². The van der Waals surface area contributed by atoms with Crippen molar-refractivity contribution in [3.05, 3.63) is 47.2 Å². The fourth-order valence-corrected chi connectivity index (χ4v) is 2.41. The Morgan fingerprint density at radius 3 is 2.70 bits per heavy atom. The lowest BCUT2D eigenvalue weighted by molar-refractivity contribution is 0.415. The molecule has 20 heavy (non-hydrogen) atoms. The molecule has 0 amide bonds. The maximum absolute atomic E-state index is 6.17. The molecule has 0 aliphatic carbocycles. The number of nitrogens with zero attached hydrogens (tertiary/aromatic N) is 1. The van der Waals surface area contributed by atoms with Crippen molar-refractivity contribution < 1.29 is 4.74 Å². The van der Waals surface area contributed by atoms with Crippen molar-refractivity contribution in [1.82, 2.24) is 4.98 Å². The van der Waals surface area contributed by atoms with Crippen LogP contribution in [0.2, 0.25) is 5.02 Å². The zero-order valence-corrected chi connectivity index (χ0v) is 12.5. The van der Waals surface area contributed by atoms with Crippen molar-refractivity contribution in [3.8, 4) is 16.9 Å². The molecule has 2 rings (SSSR count). The summed E-state index contributed by atoms with van der Waals surface area (Å²) in [5.41, 5.74) is 8.89. The van der Waals surface area contributed by atoms with Crippen molar-refractivity contribution in [2.75, 3.05) is 13.7 Å². The highest BCUT2D eigenvalue weighted by Crippen LogP contribution is 2.31. The molecule has 0 saturated carbocycles. The van der Waals surface area contributed by atoms with E-state index >= 15 is 0 Å². The van der Waals surface area contributed by atoms with Gasteiger partial charge in [-0.05, 0) is 48.2 Å². The van der Waals surface area contributed by atoms with Crippen LogP contribution in [-0.4, -0.2) is 18.6 Å². The van der Waals surface area contributed by atoms with Gasteiger partial charge in [0, 0.05) is 18.0 Å². The van der Waals surface area contributed by atoms with Crippen molar-refractivity contribution in [3.63, 3.8) is 0 Å². The first kappa shape index (κ1) is 14.8. The number of rotatable bonds is 5. The number of pyridine rings is 1. The molecule has 0 saturated heterocycles. The number of methoxy groups -OCH3 is 1. The van der Waals surface area contributed by atoms with Gasteiger partial charge in [0.2, 0.25) is 0 Å². The molecule has 0 radical (unpaired) electrons. The fourth-order valence-electron chi connectivity index (χ4n) is 2.15. The predicted octanol–water partition coefficient (Wildman–Crippen LogP) is 3.86. The predicted molar refractivity (Wildman–Crippen MR) is 83.3 cm³/mol. The first-order valence-electron chi connectivity index (χ1n) is 6.64. The van der Waals surface area contributed by atoms with Crippen LogP contribution >= 0.6 is 11.6 Å². The molecule has 0 aliphatic heterocycles.